The summed E-state index contributed by atoms with van der Waals surface area (Å²) in [6.07, 6.45) is 6.28. The van der Waals surface area contributed by atoms with Crippen LogP contribution in [0.5, 0.6) is 0 Å². The third kappa shape index (κ3) is 1.77. The van der Waals surface area contributed by atoms with Gasteiger partial charge in [0.2, 0.25) is 17.5 Å². The summed E-state index contributed by atoms with van der Waals surface area (Å²) < 4.78 is 6.11. The van der Waals surface area contributed by atoms with Crippen LogP contribution < -0.4 is 0 Å². The van der Waals surface area contributed by atoms with Crippen molar-refractivity contribution in [2.45, 2.75) is 44.7 Å². The Morgan fingerprint density at radius 2 is 2.06 bits per heavy atom. The molecule has 2 spiro atoms. The summed E-state index contributed by atoms with van der Waals surface area (Å²) in [4.78, 5) is 24.1. The minimum Gasteiger partial charge on any atom is -0.343 e. The van der Waals surface area contributed by atoms with Crippen molar-refractivity contribution in [3.05, 3.63) is 12.2 Å². The second-order valence-electron chi connectivity index (χ2n) is 5.45. The predicted molar refractivity (Wildman–Crippen MR) is 63.1 cm³/mol. The number of amides is 1. The Morgan fingerprint density at radius 3 is 2.61 bits per heavy atom. The maximum absolute atomic E-state index is 11.3. The Labute approximate surface area is 107 Å². The molecule has 2 unspecified atom stereocenters. The van der Waals surface area contributed by atoms with Crippen molar-refractivity contribution in [3.8, 4) is 0 Å². The summed E-state index contributed by atoms with van der Waals surface area (Å²) in [6, 6.07) is 0. The van der Waals surface area contributed by atoms with Crippen molar-refractivity contribution in [1.82, 2.24) is 4.90 Å². The lowest BCUT2D eigenvalue weighted by Gasteiger charge is -2.36. The second kappa shape index (κ2) is 4.05. The summed E-state index contributed by atoms with van der Waals surface area (Å²) in [5.74, 6) is -1.01. The molecule has 0 bridgehead atoms. The van der Waals surface area contributed by atoms with Gasteiger partial charge in [-0.2, -0.15) is 9.78 Å². The molecule has 1 amide bonds. The second-order valence-corrected chi connectivity index (χ2v) is 5.45. The number of likely N-dealkylation sites (tertiary alicyclic amines) is 1. The van der Waals surface area contributed by atoms with Crippen molar-refractivity contribution in [3.63, 3.8) is 0 Å². The molecule has 2 heterocycles. The zero-order valence-corrected chi connectivity index (χ0v) is 10.8. The molecule has 0 saturated carbocycles. The van der Waals surface area contributed by atoms with E-state index in [9.17, 15) is 4.79 Å². The minimum absolute atomic E-state index is 0.104. The van der Waals surface area contributed by atoms with Crippen LogP contribution in [0.4, 0.5) is 0 Å². The summed E-state index contributed by atoms with van der Waals surface area (Å²) in [6.45, 7) is 5.00. The number of piperidine rings is 1. The first-order valence-electron chi connectivity index (χ1n) is 6.55. The highest BCUT2D eigenvalue weighted by Gasteiger charge is 2.56. The maximum atomic E-state index is 11.3. The number of hydrogen-bond donors (Lipinski definition) is 0. The van der Waals surface area contributed by atoms with E-state index >= 15 is 0 Å². The quantitative estimate of drug-likeness (QED) is 0.486. The van der Waals surface area contributed by atoms with Crippen molar-refractivity contribution in [1.29, 1.82) is 0 Å². The lowest BCUT2D eigenvalue weighted by molar-refractivity contribution is -0.352. The standard InChI is InChI=1S/C13H19NO4/c1-10-4-3-5-13(10)16-12(17-18-13)6-8-14(9-7-12)11(2)15/h3,5,10H,4,6-9H2,1-2H3. The molecule has 0 aromatic carbocycles. The molecule has 100 valence electrons. The van der Waals surface area contributed by atoms with E-state index in [-0.39, 0.29) is 11.8 Å². The van der Waals surface area contributed by atoms with E-state index in [2.05, 4.69) is 13.0 Å². The zero-order chi connectivity index (χ0) is 12.8. The van der Waals surface area contributed by atoms with Gasteiger partial charge in [0.1, 0.15) is 0 Å². The van der Waals surface area contributed by atoms with E-state index in [0.29, 0.717) is 25.9 Å². The van der Waals surface area contributed by atoms with Gasteiger partial charge in [-0.25, -0.2) is 0 Å². The minimum atomic E-state index is -0.710. The third-order valence-corrected chi connectivity index (χ3v) is 4.17. The molecule has 3 rings (SSSR count). The molecule has 0 aromatic heterocycles. The molecule has 3 aliphatic rings. The van der Waals surface area contributed by atoms with Gasteiger partial charge in [0, 0.05) is 38.8 Å². The fraction of sp³-hybridized carbons (Fsp3) is 0.769. The van der Waals surface area contributed by atoms with Crippen LogP contribution in [0.1, 0.15) is 33.1 Å². The number of nitrogens with zero attached hydrogens (tertiary/aromatic N) is 1. The van der Waals surface area contributed by atoms with Gasteiger partial charge >= 0.3 is 0 Å². The monoisotopic (exact) mass is 253 g/mol. The van der Waals surface area contributed by atoms with Crippen LogP contribution in [0, 0.1) is 5.92 Å². The van der Waals surface area contributed by atoms with Gasteiger partial charge in [-0.1, -0.05) is 13.0 Å². The highest BCUT2D eigenvalue weighted by Crippen LogP contribution is 2.47. The lowest BCUT2D eigenvalue weighted by atomic mass is 10.0. The molecule has 0 radical (unpaired) electrons. The number of allylic oxidation sites excluding steroid dienone is 1. The number of carbonyl (C=O) groups is 1. The Hall–Kier alpha value is -0.910. The molecule has 18 heavy (non-hydrogen) atoms. The summed E-state index contributed by atoms with van der Waals surface area (Å²) in [5.41, 5.74) is 0. The Bertz CT molecular complexity index is 386. The van der Waals surface area contributed by atoms with Crippen LogP contribution >= 0.6 is 0 Å². The van der Waals surface area contributed by atoms with Crippen LogP contribution in [-0.2, 0) is 19.3 Å². The van der Waals surface area contributed by atoms with Crippen LogP contribution in [0.3, 0.4) is 0 Å². The van der Waals surface area contributed by atoms with Gasteiger partial charge in [-0.15, -0.1) is 0 Å². The van der Waals surface area contributed by atoms with Gasteiger partial charge in [-0.05, 0) is 12.5 Å². The van der Waals surface area contributed by atoms with Crippen LogP contribution in [-0.4, -0.2) is 35.5 Å². The largest absolute Gasteiger partial charge is 0.343 e. The first-order valence-corrected chi connectivity index (χ1v) is 6.55. The van der Waals surface area contributed by atoms with E-state index < -0.39 is 11.6 Å². The first-order chi connectivity index (χ1) is 8.55. The smallest absolute Gasteiger partial charge is 0.226 e. The molecule has 5 nitrogen and oxygen atoms in total. The van der Waals surface area contributed by atoms with Gasteiger partial charge in [0.15, 0.2) is 0 Å². The maximum Gasteiger partial charge on any atom is 0.226 e. The van der Waals surface area contributed by atoms with Crippen LogP contribution in [0.15, 0.2) is 12.2 Å². The Kier molecular flexibility index (Phi) is 2.73. The molecule has 2 saturated heterocycles. The molecule has 5 heteroatoms. The lowest BCUT2D eigenvalue weighted by Crippen LogP contribution is -2.48. The van der Waals surface area contributed by atoms with E-state index in [1.54, 1.807) is 6.92 Å². The molecule has 2 atom stereocenters. The molecule has 1 aliphatic carbocycles. The molecule has 2 fully saturated rings. The van der Waals surface area contributed by atoms with Crippen molar-refractivity contribution in [2.75, 3.05) is 13.1 Å². The molecule has 2 aliphatic heterocycles. The number of ether oxygens (including phenoxy) is 1. The van der Waals surface area contributed by atoms with E-state index in [4.69, 9.17) is 14.5 Å². The van der Waals surface area contributed by atoms with Crippen molar-refractivity contribution >= 4 is 5.91 Å². The third-order valence-electron chi connectivity index (χ3n) is 4.17. The summed E-state index contributed by atoms with van der Waals surface area (Å²) >= 11 is 0. The normalized spacial score (nSPS) is 37.9. The molecular weight excluding hydrogens is 234 g/mol. The summed E-state index contributed by atoms with van der Waals surface area (Å²) in [7, 11) is 0. The first kappa shape index (κ1) is 12.1. The molecule has 0 aromatic rings. The highest BCUT2D eigenvalue weighted by molar-refractivity contribution is 5.73. The number of rotatable bonds is 0. The van der Waals surface area contributed by atoms with Gasteiger partial charge in [0.25, 0.3) is 0 Å². The SMILES string of the molecule is CC(=O)N1CCC2(CC1)OOC1(C=CCC1C)O2. The topological polar surface area (TPSA) is 48.0 Å². The Morgan fingerprint density at radius 1 is 1.33 bits per heavy atom. The highest BCUT2D eigenvalue weighted by atomic mass is 17.3. The van der Waals surface area contributed by atoms with Crippen LogP contribution in [0.2, 0.25) is 0 Å². The van der Waals surface area contributed by atoms with Gasteiger partial charge in [0.05, 0.1) is 0 Å². The number of carbonyl (C=O) groups excluding carboxylic acids is 1. The van der Waals surface area contributed by atoms with Gasteiger partial charge in [-0.3, -0.25) is 4.79 Å². The fourth-order valence-corrected chi connectivity index (χ4v) is 2.82. The number of hydrogen-bond acceptors (Lipinski definition) is 4. The van der Waals surface area contributed by atoms with Crippen molar-refractivity contribution < 1.29 is 19.3 Å². The van der Waals surface area contributed by atoms with Gasteiger partial charge < -0.3 is 9.64 Å². The van der Waals surface area contributed by atoms with E-state index in [1.807, 2.05) is 11.0 Å². The van der Waals surface area contributed by atoms with Crippen LogP contribution in [0.25, 0.3) is 0 Å². The Balaban J connectivity index is 1.69. The van der Waals surface area contributed by atoms with E-state index in [1.165, 1.54) is 0 Å². The average Bonchev–Trinajstić information content (AvgIpc) is 2.87. The molecule has 0 N–H and O–H groups in total. The predicted octanol–water partition coefficient (Wildman–Crippen LogP) is 1.60. The average molecular weight is 253 g/mol. The fourth-order valence-electron chi connectivity index (χ4n) is 2.82. The summed E-state index contributed by atoms with van der Waals surface area (Å²) in [5, 5.41) is 0. The van der Waals surface area contributed by atoms with Crippen molar-refractivity contribution in [2.24, 2.45) is 5.92 Å². The van der Waals surface area contributed by atoms with E-state index in [0.717, 1.165) is 6.42 Å². The zero-order valence-electron chi connectivity index (χ0n) is 10.8. The molecular formula is C13H19NO4.